The fraction of sp³-hybridized carbons (Fsp3) is 0.318. The first kappa shape index (κ1) is 22.0. The van der Waals surface area contributed by atoms with Crippen molar-refractivity contribution in [2.24, 2.45) is 0 Å². The minimum atomic E-state index is -0.508. The maximum atomic E-state index is 12.8. The fourth-order valence-corrected chi connectivity index (χ4v) is 3.21. The number of hydrogen-bond donors (Lipinski definition) is 2. The lowest BCUT2D eigenvalue weighted by molar-refractivity contribution is -0.121. The monoisotopic (exact) mass is 428 g/mol. The number of nitrogens with zero attached hydrogens (tertiary/aromatic N) is 2. The van der Waals surface area contributed by atoms with Crippen molar-refractivity contribution in [1.29, 1.82) is 0 Å². The number of amides is 2. The number of nitrogens with one attached hydrogen (secondary N) is 2. The van der Waals surface area contributed by atoms with E-state index in [1.54, 1.807) is 30.5 Å². The average molecular weight is 429 g/mol. The number of carbonyl (C=O) groups excluding carboxylic acids is 2. The number of benzene rings is 1. The molecule has 1 aromatic heterocycles. The molecular formula is C22H25ClN4O3. The molecule has 2 N–H and O–H groups in total. The average Bonchev–Trinajstić information content (AvgIpc) is 2.77. The molecule has 0 saturated carbocycles. The number of pyridine rings is 1. The van der Waals surface area contributed by atoms with Gasteiger partial charge < -0.3 is 15.4 Å². The number of hydrogen-bond acceptors (Lipinski definition) is 5. The number of rotatable bonds is 8. The maximum Gasteiger partial charge on any atom is 0.261 e. The first-order valence-electron chi connectivity index (χ1n) is 9.90. The molecule has 1 fully saturated rings. The smallest absolute Gasteiger partial charge is 0.261 e. The van der Waals surface area contributed by atoms with Crippen LogP contribution in [0, 0.1) is 0 Å². The number of carbonyl (C=O) groups is 2. The summed E-state index contributed by atoms with van der Waals surface area (Å²) in [4.78, 5) is 31.9. The van der Waals surface area contributed by atoms with Gasteiger partial charge in [-0.2, -0.15) is 0 Å². The van der Waals surface area contributed by atoms with Crippen LogP contribution in [0.4, 0.5) is 5.69 Å². The summed E-state index contributed by atoms with van der Waals surface area (Å²) in [5.74, 6) is -0.961. The van der Waals surface area contributed by atoms with Crippen molar-refractivity contribution in [3.05, 3.63) is 65.0 Å². The third kappa shape index (κ3) is 6.66. The molecule has 1 aromatic carbocycles. The highest BCUT2D eigenvalue weighted by Gasteiger charge is 2.19. The molecule has 0 unspecified atom stereocenters. The van der Waals surface area contributed by atoms with Crippen molar-refractivity contribution in [2.75, 3.05) is 44.7 Å². The van der Waals surface area contributed by atoms with Gasteiger partial charge >= 0.3 is 0 Å². The van der Waals surface area contributed by atoms with Crippen LogP contribution >= 0.6 is 11.6 Å². The first-order chi connectivity index (χ1) is 14.6. The molecule has 8 heteroatoms. The van der Waals surface area contributed by atoms with Crippen molar-refractivity contribution in [3.8, 4) is 0 Å². The molecule has 0 spiro atoms. The van der Waals surface area contributed by atoms with E-state index in [1.807, 2.05) is 18.2 Å². The van der Waals surface area contributed by atoms with Crippen LogP contribution in [0.15, 0.2) is 54.2 Å². The quantitative estimate of drug-likeness (QED) is 0.222. The molecule has 2 amide bonds. The first-order valence-corrected chi connectivity index (χ1v) is 10.3. The number of aromatic nitrogens is 1. The Morgan fingerprint density at radius 3 is 2.60 bits per heavy atom. The normalized spacial score (nSPS) is 14.9. The standard InChI is InChI=1S/C22H25ClN4O3/c23-20-17(6-4-9-24-20)16-19(22(29)26-18-7-2-1-3-8-18)21(28)25-10-5-11-27-12-14-30-15-13-27/h1-4,6-9,16H,5,10-15H2,(H,25,28)(H,26,29). The summed E-state index contributed by atoms with van der Waals surface area (Å²) in [6, 6.07) is 12.4. The topological polar surface area (TPSA) is 83.6 Å². The Bertz CT molecular complexity index is 883. The summed E-state index contributed by atoms with van der Waals surface area (Å²) < 4.78 is 5.34. The Kier molecular flexibility index (Phi) is 8.38. The number of anilines is 1. The minimum absolute atomic E-state index is 0.0277. The van der Waals surface area contributed by atoms with Gasteiger partial charge in [0.25, 0.3) is 11.8 Å². The van der Waals surface area contributed by atoms with Crippen LogP contribution in [-0.4, -0.2) is 61.1 Å². The summed E-state index contributed by atoms with van der Waals surface area (Å²) in [7, 11) is 0. The molecule has 1 saturated heterocycles. The third-order valence-corrected chi connectivity index (χ3v) is 4.96. The SMILES string of the molecule is O=C(NCCCN1CCOCC1)C(=Cc1cccnc1Cl)C(=O)Nc1ccccc1. The Morgan fingerprint density at radius 2 is 1.87 bits per heavy atom. The minimum Gasteiger partial charge on any atom is -0.379 e. The molecule has 158 valence electrons. The maximum absolute atomic E-state index is 12.8. The van der Waals surface area contributed by atoms with Gasteiger partial charge in [0.05, 0.1) is 13.2 Å². The third-order valence-electron chi connectivity index (χ3n) is 4.65. The molecule has 2 heterocycles. The fourth-order valence-electron chi connectivity index (χ4n) is 3.04. The predicted octanol–water partition coefficient (Wildman–Crippen LogP) is 2.60. The van der Waals surface area contributed by atoms with Gasteiger partial charge in [0.1, 0.15) is 10.7 Å². The van der Waals surface area contributed by atoms with E-state index >= 15 is 0 Å². The molecule has 3 rings (SSSR count). The number of para-hydroxylation sites is 1. The zero-order valence-electron chi connectivity index (χ0n) is 16.6. The molecular weight excluding hydrogens is 404 g/mol. The van der Waals surface area contributed by atoms with E-state index < -0.39 is 11.8 Å². The zero-order chi connectivity index (χ0) is 21.2. The highest BCUT2D eigenvalue weighted by Crippen LogP contribution is 2.17. The number of morpholine rings is 1. The summed E-state index contributed by atoms with van der Waals surface area (Å²) in [6.07, 6.45) is 3.80. The lowest BCUT2D eigenvalue weighted by Crippen LogP contribution is -2.38. The van der Waals surface area contributed by atoms with E-state index in [9.17, 15) is 9.59 Å². The van der Waals surface area contributed by atoms with E-state index in [4.69, 9.17) is 16.3 Å². The van der Waals surface area contributed by atoms with Gasteiger partial charge in [0.2, 0.25) is 0 Å². The summed E-state index contributed by atoms with van der Waals surface area (Å²) >= 11 is 6.12. The van der Waals surface area contributed by atoms with E-state index in [1.165, 1.54) is 6.08 Å². The van der Waals surface area contributed by atoms with Gasteiger partial charge in [0.15, 0.2) is 0 Å². The summed E-state index contributed by atoms with van der Waals surface area (Å²) in [6.45, 7) is 4.62. The molecule has 0 aliphatic carbocycles. The van der Waals surface area contributed by atoms with Crippen molar-refractivity contribution in [1.82, 2.24) is 15.2 Å². The van der Waals surface area contributed by atoms with Crippen molar-refractivity contribution in [3.63, 3.8) is 0 Å². The van der Waals surface area contributed by atoms with Gasteiger partial charge in [-0.15, -0.1) is 0 Å². The Balaban J connectivity index is 1.66. The number of ether oxygens (including phenoxy) is 1. The lowest BCUT2D eigenvalue weighted by atomic mass is 10.1. The van der Waals surface area contributed by atoms with Crippen molar-refractivity contribution < 1.29 is 14.3 Å². The molecule has 1 aliphatic rings. The summed E-state index contributed by atoms with van der Waals surface area (Å²) in [5.41, 5.74) is 1.08. The molecule has 7 nitrogen and oxygen atoms in total. The molecule has 0 radical (unpaired) electrons. The van der Waals surface area contributed by atoms with Crippen LogP contribution < -0.4 is 10.6 Å². The van der Waals surface area contributed by atoms with Crippen LogP contribution in [0.2, 0.25) is 5.15 Å². The molecule has 0 bridgehead atoms. The van der Waals surface area contributed by atoms with Crippen LogP contribution in [-0.2, 0) is 14.3 Å². The van der Waals surface area contributed by atoms with Crippen LogP contribution in [0.3, 0.4) is 0 Å². The Morgan fingerprint density at radius 1 is 1.10 bits per heavy atom. The van der Waals surface area contributed by atoms with Crippen LogP contribution in [0.1, 0.15) is 12.0 Å². The largest absolute Gasteiger partial charge is 0.379 e. The molecule has 1 aliphatic heterocycles. The lowest BCUT2D eigenvalue weighted by Gasteiger charge is -2.26. The van der Waals surface area contributed by atoms with E-state index in [0.29, 0.717) is 17.8 Å². The zero-order valence-corrected chi connectivity index (χ0v) is 17.4. The second-order valence-electron chi connectivity index (χ2n) is 6.83. The highest BCUT2D eigenvalue weighted by molar-refractivity contribution is 6.32. The van der Waals surface area contributed by atoms with Gasteiger partial charge in [-0.1, -0.05) is 35.9 Å². The molecule has 2 aromatic rings. The van der Waals surface area contributed by atoms with Crippen LogP contribution in [0.25, 0.3) is 6.08 Å². The van der Waals surface area contributed by atoms with Gasteiger partial charge in [-0.25, -0.2) is 4.98 Å². The Hall–Kier alpha value is -2.74. The Labute approximate surface area is 181 Å². The highest BCUT2D eigenvalue weighted by atomic mass is 35.5. The molecule has 30 heavy (non-hydrogen) atoms. The van der Waals surface area contributed by atoms with E-state index in [-0.39, 0.29) is 10.7 Å². The van der Waals surface area contributed by atoms with Gasteiger partial charge in [-0.05, 0) is 37.2 Å². The van der Waals surface area contributed by atoms with Crippen molar-refractivity contribution in [2.45, 2.75) is 6.42 Å². The van der Waals surface area contributed by atoms with Crippen molar-refractivity contribution >= 4 is 35.2 Å². The van der Waals surface area contributed by atoms with E-state index in [2.05, 4.69) is 20.5 Å². The summed E-state index contributed by atoms with van der Waals surface area (Å²) in [5, 5.41) is 5.82. The van der Waals surface area contributed by atoms with Crippen LogP contribution in [0.5, 0.6) is 0 Å². The van der Waals surface area contributed by atoms with Gasteiger partial charge in [-0.3, -0.25) is 14.5 Å². The second kappa shape index (κ2) is 11.4. The molecule has 0 atom stereocenters. The predicted molar refractivity (Wildman–Crippen MR) is 117 cm³/mol. The van der Waals surface area contributed by atoms with E-state index in [0.717, 1.165) is 39.3 Å². The number of halogens is 1. The van der Waals surface area contributed by atoms with Gasteiger partial charge in [0, 0.05) is 37.1 Å². The second-order valence-corrected chi connectivity index (χ2v) is 7.18.